The molecule has 1 amide bonds. The van der Waals surface area contributed by atoms with Gasteiger partial charge in [-0.25, -0.2) is 13.2 Å². The summed E-state index contributed by atoms with van der Waals surface area (Å²) in [6.45, 7) is 2.39. The number of amides is 1. The first kappa shape index (κ1) is 19.9. The Morgan fingerprint density at radius 2 is 1.73 bits per heavy atom. The third-order valence-electron chi connectivity index (χ3n) is 3.85. The molecule has 1 aliphatic rings. The average molecular weight is 378 g/mol. The Morgan fingerprint density at radius 1 is 1.08 bits per heavy atom. The topological polar surface area (TPSA) is 84.0 Å². The van der Waals surface area contributed by atoms with E-state index in [1.165, 1.54) is 21.4 Å². The van der Waals surface area contributed by atoms with Crippen LogP contribution in [0.3, 0.4) is 0 Å². The van der Waals surface area contributed by atoms with Crippen molar-refractivity contribution in [3.05, 3.63) is 54.6 Å². The molecule has 1 aliphatic heterocycles. The molecule has 7 nitrogen and oxygen atoms in total. The standard InChI is InChI=1S/C18H22N2O5S/c1-2-3-5-10-18(22)25-15-17(21)19-11-13-20(14-12-19)26(23,24)16-8-6-4-7-9-16/h2-10H,11-15H2,1H3. The van der Waals surface area contributed by atoms with Crippen LogP contribution in [0.2, 0.25) is 0 Å². The van der Waals surface area contributed by atoms with Crippen LogP contribution in [-0.2, 0) is 24.3 Å². The summed E-state index contributed by atoms with van der Waals surface area (Å²) in [6.07, 6.45) is 6.20. The first-order chi connectivity index (χ1) is 12.4. The van der Waals surface area contributed by atoms with E-state index in [4.69, 9.17) is 4.74 Å². The Kier molecular flexibility index (Phi) is 7.11. The van der Waals surface area contributed by atoms with Gasteiger partial charge >= 0.3 is 5.97 Å². The summed E-state index contributed by atoms with van der Waals surface area (Å²) in [7, 11) is -3.56. The van der Waals surface area contributed by atoms with E-state index in [1.807, 2.05) is 6.92 Å². The van der Waals surface area contributed by atoms with Gasteiger partial charge in [0.05, 0.1) is 4.90 Å². The second-order valence-corrected chi connectivity index (χ2v) is 7.53. The molecule has 0 unspecified atom stereocenters. The van der Waals surface area contributed by atoms with E-state index in [0.29, 0.717) is 0 Å². The molecule has 8 heteroatoms. The fraction of sp³-hybridized carbons (Fsp3) is 0.333. The van der Waals surface area contributed by atoms with E-state index in [0.717, 1.165) is 0 Å². The van der Waals surface area contributed by atoms with Crippen molar-refractivity contribution in [2.24, 2.45) is 0 Å². The number of esters is 1. The van der Waals surface area contributed by atoms with E-state index in [9.17, 15) is 18.0 Å². The number of carbonyl (C=O) groups is 2. The van der Waals surface area contributed by atoms with E-state index >= 15 is 0 Å². The normalized spacial score (nSPS) is 16.3. The van der Waals surface area contributed by atoms with Crippen LogP contribution in [0.15, 0.2) is 59.5 Å². The molecule has 26 heavy (non-hydrogen) atoms. The molecule has 0 aromatic heterocycles. The van der Waals surface area contributed by atoms with Gasteiger partial charge in [0.1, 0.15) is 0 Å². The van der Waals surface area contributed by atoms with Crippen LogP contribution >= 0.6 is 0 Å². The van der Waals surface area contributed by atoms with Gasteiger partial charge < -0.3 is 9.64 Å². The number of allylic oxidation sites excluding steroid dienone is 3. The number of sulfonamides is 1. The second kappa shape index (κ2) is 9.30. The minimum absolute atomic E-state index is 0.206. The molecule has 1 heterocycles. The van der Waals surface area contributed by atoms with Crippen molar-refractivity contribution in [3.8, 4) is 0 Å². The Hall–Kier alpha value is -2.45. The summed E-state index contributed by atoms with van der Waals surface area (Å²) in [6, 6.07) is 8.20. The van der Waals surface area contributed by atoms with E-state index < -0.39 is 16.0 Å². The summed E-state index contributed by atoms with van der Waals surface area (Å²) in [5, 5.41) is 0. The zero-order valence-electron chi connectivity index (χ0n) is 14.6. The third kappa shape index (κ3) is 5.27. The number of benzene rings is 1. The van der Waals surface area contributed by atoms with Gasteiger partial charge in [-0.05, 0) is 19.1 Å². The molecule has 1 saturated heterocycles. The summed E-state index contributed by atoms with van der Waals surface area (Å²) in [4.78, 5) is 25.3. The van der Waals surface area contributed by atoms with Crippen molar-refractivity contribution in [2.75, 3.05) is 32.8 Å². The predicted molar refractivity (Wildman–Crippen MR) is 96.7 cm³/mol. The molecule has 1 aromatic carbocycles. The number of nitrogens with zero attached hydrogens (tertiary/aromatic N) is 2. The summed E-state index contributed by atoms with van der Waals surface area (Å²) >= 11 is 0. The van der Waals surface area contributed by atoms with Crippen molar-refractivity contribution in [1.29, 1.82) is 0 Å². The predicted octanol–water partition coefficient (Wildman–Crippen LogP) is 1.19. The lowest BCUT2D eigenvalue weighted by Crippen LogP contribution is -2.51. The molecule has 1 fully saturated rings. The van der Waals surface area contributed by atoms with E-state index in [1.54, 1.807) is 42.5 Å². The fourth-order valence-electron chi connectivity index (χ4n) is 2.44. The Labute approximate surface area is 153 Å². The van der Waals surface area contributed by atoms with E-state index in [2.05, 4.69) is 0 Å². The highest BCUT2D eigenvalue weighted by molar-refractivity contribution is 7.89. The highest BCUT2D eigenvalue weighted by Crippen LogP contribution is 2.17. The first-order valence-electron chi connectivity index (χ1n) is 8.24. The van der Waals surface area contributed by atoms with Crippen molar-refractivity contribution in [3.63, 3.8) is 0 Å². The van der Waals surface area contributed by atoms with Gasteiger partial charge in [-0.3, -0.25) is 4.79 Å². The zero-order chi connectivity index (χ0) is 19.0. The highest BCUT2D eigenvalue weighted by atomic mass is 32.2. The van der Waals surface area contributed by atoms with Crippen molar-refractivity contribution >= 4 is 21.9 Å². The largest absolute Gasteiger partial charge is 0.452 e. The minimum atomic E-state index is -3.56. The lowest BCUT2D eigenvalue weighted by molar-refractivity contribution is -0.148. The summed E-state index contributed by atoms with van der Waals surface area (Å²) in [5.74, 6) is -0.934. The molecule has 0 saturated carbocycles. The number of carbonyl (C=O) groups excluding carboxylic acids is 2. The molecule has 0 radical (unpaired) electrons. The van der Waals surface area contributed by atoms with Gasteiger partial charge in [0.25, 0.3) is 5.91 Å². The van der Waals surface area contributed by atoms with Crippen LogP contribution in [0.4, 0.5) is 0 Å². The first-order valence-corrected chi connectivity index (χ1v) is 9.68. The monoisotopic (exact) mass is 378 g/mol. The van der Waals surface area contributed by atoms with Gasteiger partial charge in [0, 0.05) is 32.3 Å². The molecule has 0 atom stereocenters. The fourth-order valence-corrected chi connectivity index (χ4v) is 3.88. The van der Waals surface area contributed by atoms with Crippen molar-refractivity contribution in [2.45, 2.75) is 11.8 Å². The Balaban J connectivity index is 1.84. The second-order valence-electron chi connectivity index (χ2n) is 5.59. The molecule has 0 N–H and O–H groups in total. The third-order valence-corrected chi connectivity index (χ3v) is 5.76. The van der Waals surface area contributed by atoms with Gasteiger partial charge in [-0.15, -0.1) is 0 Å². The maximum Gasteiger partial charge on any atom is 0.331 e. The number of hydrogen-bond donors (Lipinski definition) is 0. The van der Waals surface area contributed by atoms with Gasteiger partial charge in [0.15, 0.2) is 6.61 Å². The number of hydrogen-bond acceptors (Lipinski definition) is 5. The van der Waals surface area contributed by atoms with Crippen LogP contribution < -0.4 is 0 Å². The number of rotatable bonds is 6. The van der Waals surface area contributed by atoms with Crippen molar-refractivity contribution in [1.82, 2.24) is 9.21 Å². The maximum atomic E-state index is 12.5. The van der Waals surface area contributed by atoms with Crippen LogP contribution in [-0.4, -0.2) is 62.3 Å². The average Bonchev–Trinajstić information content (AvgIpc) is 2.67. The lowest BCUT2D eigenvalue weighted by Gasteiger charge is -2.33. The smallest absolute Gasteiger partial charge is 0.331 e. The van der Waals surface area contributed by atoms with Crippen LogP contribution in [0, 0.1) is 0 Å². The molecule has 1 aromatic rings. The van der Waals surface area contributed by atoms with Gasteiger partial charge in [-0.1, -0.05) is 36.4 Å². The Morgan fingerprint density at radius 3 is 2.35 bits per heavy atom. The van der Waals surface area contributed by atoms with Crippen molar-refractivity contribution < 1.29 is 22.7 Å². The maximum absolute atomic E-state index is 12.5. The van der Waals surface area contributed by atoms with E-state index in [-0.39, 0.29) is 43.6 Å². The molecule has 0 spiro atoms. The SMILES string of the molecule is CC=CC=CC(=O)OCC(=O)N1CCN(S(=O)(=O)c2ccccc2)CC1. The quantitative estimate of drug-likeness (QED) is 0.422. The summed E-state index contributed by atoms with van der Waals surface area (Å²) in [5.41, 5.74) is 0. The summed E-state index contributed by atoms with van der Waals surface area (Å²) < 4.78 is 31.3. The zero-order valence-corrected chi connectivity index (χ0v) is 15.4. The number of ether oxygens (including phenoxy) is 1. The molecule has 2 rings (SSSR count). The molecule has 0 bridgehead atoms. The molecule has 140 valence electrons. The molecular formula is C18H22N2O5S. The molecular weight excluding hydrogens is 356 g/mol. The van der Waals surface area contributed by atoms with Crippen LogP contribution in [0.5, 0.6) is 0 Å². The highest BCUT2D eigenvalue weighted by Gasteiger charge is 2.30. The number of piperazine rings is 1. The van der Waals surface area contributed by atoms with Gasteiger partial charge in [-0.2, -0.15) is 4.31 Å². The molecule has 0 aliphatic carbocycles. The van der Waals surface area contributed by atoms with Gasteiger partial charge in [0.2, 0.25) is 10.0 Å². The minimum Gasteiger partial charge on any atom is -0.452 e. The lowest BCUT2D eigenvalue weighted by atomic mass is 10.3. The Bertz CT molecular complexity index is 779. The van der Waals surface area contributed by atoms with Crippen LogP contribution in [0.1, 0.15) is 6.92 Å². The van der Waals surface area contributed by atoms with Crippen LogP contribution in [0.25, 0.3) is 0 Å².